The van der Waals surface area contributed by atoms with Crippen LogP contribution in [-0.2, 0) is 17.8 Å². The number of nitrogens with two attached hydrogens (primary N) is 1. The fourth-order valence-electron chi connectivity index (χ4n) is 2.43. The van der Waals surface area contributed by atoms with E-state index >= 15 is 0 Å². The van der Waals surface area contributed by atoms with Crippen LogP contribution in [0.3, 0.4) is 0 Å². The highest BCUT2D eigenvalue weighted by atomic mass is 16.1. The Hall–Kier alpha value is -1.35. The van der Waals surface area contributed by atoms with Gasteiger partial charge in [-0.2, -0.15) is 0 Å². The third-order valence-corrected chi connectivity index (χ3v) is 4.38. The third-order valence-electron chi connectivity index (χ3n) is 4.38. The van der Waals surface area contributed by atoms with E-state index in [0.717, 1.165) is 17.7 Å². The van der Waals surface area contributed by atoms with Crippen LogP contribution in [0.5, 0.6) is 0 Å². The van der Waals surface area contributed by atoms with Gasteiger partial charge in [0.05, 0.1) is 6.42 Å². The van der Waals surface area contributed by atoms with E-state index < -0.39 is 0 Å². The number of hydrogen-bond donors (Lipinski definition) is 2. The lowest BCUT2D eigenvalue weighted by molar-refractivity contribution is -0.120. The SMILES string of the molecule is CC(C)C1(CNC(=O)Cc2ccc(CN)cc2)CC1. The van der Waals surface area contributed by atoms with Crippen molar-refractivity contribution in [3.05, 3.63) is 35.4 Å². The standard InChI is InChI=1S/C16H24N2O/c1-12(2)16(7-8-16)11-18-15(19)9-13-3-5-14(10-17)6-4-13/h3-6,12H,7-11,17H2,1-2H3,(H,18,19). The zero-order valence-corrected chi connectivity index (χ0v) is 11.9. The summed E-state index contributed by atoms with van der Waals surface area (Å²) in [7, 11) is 0. The van der Waals surface area contributed by atoms with Crippen LogP contribution in [0.1, 0.15) is 37.8 Å². The van der Waals surface area contributed by atoms with Crippen molar-refractivity contribution in [3.63, 3.8) is 0 Å². The molecule has 0 radical (unpaired) electrons. The number of amides is 1. The van der Waals surface area contributed by atoms with E-state index in [2.05, 4.69) is 19.2 Å². The van der Waals surface area contributed by atoms with Crippen LogP contribution in [0, 0.1) is 11.3 Å². The van der Waals surface area contributed by atoms with Crippen molar-refractivity contribution in [3.8, 4) is 0 Å². The molecule has 0 unspecified atom stereocenters. The quantitative estimate of drug-likeness (QED) is 0.824. The van der Waals surface area contributed by atoms with Crippen molar-refractivity contribution in [1.29, 1.82) is 0 Å². The second-order valence-corrected chi connectivity index (χ2v) is 5.99. The minimum absolute atomic E-state index is 0.118. The zero-order valence-electron chi connectivity index (χ0n) is 11.9. The minimum Gasteiger partial charge on any atom is -0.355 e. The van der Waals surface area contributed by atoms with E-state index in [1.54, 1.807) is 0 Å². The van der Waals surface area contributed by atoms with E-state index in [1.165, 1.54) is 12.8 Å². The molecule has 1 saturated carbocycles. The summed E-state index contributed by atoms with van der Waals surface area (Å²) < 4.78 is 0. The normalized spacial score (nSPS) is 16.4. The Morgan fingerprint density at radius 2 is 1.84 bits per heavy atom. The number of hydrogen-bond acceptors (Lipinski definition) is 2. The van der Waals surface area contributed by atoms with Gasteiger partial charge in [0, 0.05) is 13.1 Å². The van der Waals surface area contributed by atoms with Crippen LogP contribution in [-0.4, -0.2) is 12.5 Å². The molecule has 1 amide bonds. The molecule has 3 nitrogen and oxygen atoms in total. The molecule has 3 N–H and O–H groups in total. The van der Waals surface area contributed by atoms with Crippen molar-refractivity contribution in [2.45, 2.75) is 39.7 Å². The minimum atomic E-state index is 0.118. The van der Waals surface area contributed by atoms with Crippen molar-refractivity contribution in [2.24, 2.45) is 17.1 Å². The number of rotatable bonds is 6. The molecule has 1 aromatic rings. The molecule has 3 heteroatoms. The number of nitrogens with one attached hydrogen (secondary N) is 1. The molecule has 104 valence electrons. The predicted octanol–water partition coefficient (Wildman–Crippen LogP) is 2.24. The van der Waals surface area contributed by atoms with Crippen molar-refractivity contribution in [1.82, 2.24) is 5.32 Å². The van der Waals surface area contributed by atoms with Crippen molar-refractivity contribution in [2.75, 3.05) is 6.54 Å². The van der Waals surface area contributed by atoms with Crippen LogP contribution < -0.4 is 11.1 Å². The van der Waals surface area contributed by atoms with Crippen LogP contribution in [0.4, 0.5) is 0 Å². The van der Waals surface area contributed by atoms with Gasteiger partial charge in [0.1, 0.15) is 0 Å². The Labute approximate surface area is 115 Å². The van der Waals surface area contributed by atoms with Gasteiger partial charge >= 0.3 is 0 Å². The Morgan fingerprint density at radius 1 is 1.26 bits per heavy atom. The van der Waals surface area contributed by atoms with Gasteiger partial charge in [0.2, 0.25) is 5.91 Å². The molecule has 1 fully saturated rings. The largest absolute Gasteiger partial charge is 0.355 e. The molecule has 0 aliphatic heterocycles. The fourth-order valence-corrected chi connectivity index (χ4v) is 2.43. The molecule has 0 bridgehead atoms. The first-order chi connectivity index (χ1) is 9.05. The predicted molar refractivity (Wildman–Crippen MR) is 77.6 cm³/mol. The molecule has 1 aliphatic carbocycles. The Morgan fingerprint density at radius 3 is 2.32 bits per heavy atom. The molecule has 0 atom stereocenters. The third kappa shape index (κ3) is 3.57. The van der Waals surface area contributed by atoms with Crippen molar-refractivity contribution < 1.29 is 4.79 Å². The first-order valence-corrected chi connectivity index (χ1v) is 7.10. The fraction of sp³-hybridized carbons (Fsp3) is 0.562. The van der Waals surface area contributed by atoms with Gasteiger partial charge in [0.25, 0.3) is 0 Å². The van der Waals surface area contributed by atoms with Gasteiger partial charge < -0.3 is 11.1 Å². The average Bonchev–Trinajstić information content (AvgIpc) is 3.18. The van der Waals surface area contributed by atoms with Crippen molar-refractivity contribution >= 4 is 5.91 Å². The molecule has 1 aliphatic rings. The van der Waals surface area contributed by atoms with Gasteiger partial charge in [-0.1, -0.05) is 38.1 Å². The highest BCUT2D eigenvalue weighted by molar-refractivity contribution is 5.78. The monoisotopic (exact) mass is 260 g/mol. The topological polar surface area (TPSA) is 55.1 Å². The molecule has 0 heterocycles. The molecule has 0 aromatic heterocycles. The molecular formula is C16H24N2O. The summed E-state index contributed by atoms with van der Waals surface area (Å²) in [5.74, 6) is 0.768. The lowest BCUT2D eigenvalue weighted by Gasteiger charge is -2.20. The van der Waals surface area contributed by atoms with E-state index in [1.807, 2.05) is 24.3 Å². The van der Waals surface area contributed by atoms with E-state index in [9.17, 15) is 4.79 Å². The highest BCUT2D eigenvalue weighted by Gasteiger charge is 2.45. The molecule has 0 saturated heterocycles. The summed E-state index contributed by atoms with van der Waals surface area (Å²) in [6, 6.07) is 7.94. The summed E-state index contributed by atoms with van der Waals surface area (Å²) in [6.07, 6.45) is 2.95. The Bertz CT molecular complexity index is 433. The Balaban J connectivity index is 1.81. The maximum Gasteiger partial charge on any atom is 0.224 e. The smallest absolute Gasteiger partial charge is 0.224 e. The lowest BCUT2D eigenvalue weighted by atomic mass is 9.92. The summed E-state index contributed by atoms with van der Waals surface area (Å²) >= 11 is 0. The highest BCUT2D eigenvalue weighted by Crippen LogP contribution is 2.51. The van der Waals surface area contributed by atoms with Gasteiger partial charge in [-0.05, 0) is 35.3 Å². The second-order valence-electron chi connectivity index (χ2n) is 5.99. The van der Waals surface area contributed by atoms with Crippen LogP contribution in [0.25, 0.3) is 0 Å². The summed E-state index contributed by atoms with van der Waals surface area (Å²) in [5.41, 5.74) is 8.07. The number of benzene rings is 1. The summed E-state index contributed by atoms with van der Waals surface area (Å²) in [5, 5.41) is 3.08. The van der Waals surface area contributed by atoms with E-state index in [0.29, 0.717) is 24.3 Å². The maximum absolute atomic E-state index is 11.9. The van der Waals surface area contributed by atoms with Crippen LogP contribution >= 0.6 is 0 Å². The van der Waals surface area contributed by atoms with E-state index in [-0.39, 0.29) is 5.91 Å². The number of carbonyl (C=O) groups is 1. The van der Waals surface area contributed by atoms with E-state index in [4.69, 9.17) is 5.73 Å². The first kappa shape index (κ1) is 14.1. The van der Waals surface area contributed by atoms with Gasteiger partial charge in [-0.25, -0.2) is 0 Å². The molecule has 0 spiro atoms. The van der Waals surface area contributed by atoms with Crippen LogP contribution in [0.15, 0.2) is 24.3 Å². The molecular weight excluding hydrogens is 236 g/mol. The Kier molecular flexibility index (Phi) is 4.25. The van der Waals surface area contributed by atoms with Gasteiger partial charge in [0.15, 0.2) is 0 Å². The first-order valence-electron chi connectivity index (χ1n) is 7.10. The lowest BCUT2D eigenvalue weighted by Crippen LogP contribution is -2.33. The number of carbonyl (C=O) groups excluding carboxylic acids is 1. The summed E-state index contributed by atoms with van der Waals surface area (Å²) in [6.45, 7) is 5.85. The molecule has 2 rings (SSSR count). The zero-order chi connectivity index (χ0) is 13.9. The average molecular weight is 260 g/mol. The molecule has 1 aromatic carbocycles. The van der Waals surface area contributed by atoms with Gasteiger partial charge in [-0.3, -0.25) is 4.79 Å². The van der Waals surface area contributed by atoms with Gasteiger partial charge in [-0.15, -0.1) is 0 Å². The maximum atomic E-state index is 11.9. The summed E-state index contributed by atoms with van der Waals surface area (Å²) in [4.78, 5) is 11.9. The second kappa shape index (κ2) is 5.74. The van der Waals surface area contributed by atoms with Crippen LogP contribution in [0.2, 0.25) is 0 Å². The molecule has 19 heavy (non-hydrogen) atoms.